The molecular formula is H8KMgO8PS. The summed E-state index contributed by atoms with van der Waals surface area (Å²) in [5.41, 5.74) is 0. The molecule has 0 saturated carbocycles. The van der Waals surface area contributed by atoms with Crippen molar-refractivity contribution in [1.29, 1.82) is 0 Å². The fourth-order valence-electron chi connectivity index (χ4n) is 0. The van der Waals surface area contributed by atoms with Crippen LogP contribution in [0.2, 0.25) is 0 Å². The Balaban J connectivity index is -0.0000000457. The van der Waals surface area contributed by atoms with Gasteiger partial charge in [-0.2, -0.15) is 8.42 Å². The van der Waals surface area contributed by atoms with Gasteiger partial charge in [-0.1, -0.05) is 0 Å². The molecule has 0 fully saturated rings. The summed E-state index contributed by atoms with van der Waals surface area (Å²) >= 11 is 0. The minimum absolute atomic E-state index is 0. The van der Waals surface area contributed by atoms with E-state index in [0.29, 0.717) is 0 Å². The zero-order valence-electron chi connectivity index (χ0n) is 4.32. The van der Waals surface area contributed by atoms with Gasteiger partial charge in [0, 0.05) is 0 Å². The van der Waals surface area contributed by atoms with Crippen LogP contribution in [-0.2, 0) is 15.0 Å². The third kappa shape index (κ3) is 283. The molecule has 0 aliphatic heterocycles. The molecule has 0 aromatic heterocycles. The first-order valence-corrected chi connectivity index (χ1v) is 4.44. The van der Waals surface area contributed by atoms with E-state index < -0.39 is 18.2 Å². The van der Waals surface area contributed by atoms with Crippen molar-refractivity contribution in [1.82, 2.24) is 0 Å². The van der Waals surface area contributed by atoms with Crippen LogP contribution in [0.15, 0.2) is 0 Å². The molecule has 0 aromatic rings. The maximum absolute atomic E-state index is 8.88. The van der Waals surface area contributed by atoms with E-state index in [1.54, 1.807) is 0 Å². The Labute approximate surface area is 127 Å². The maximum Gasteiger partial charge on any atom is 0.316 e. The molecule has 12 heavy (non-hydrogen) atoms. The summed E-state index contributed by atoms with van der Waals surface area (Å²) in [7, 11) is -9.31. The van der Waals surface area contributed by atoms with E-state index >= 15 is 0 Å². The minimum Gasteiger partial charge on any atom is 0.316 e. The van der Waals surface area contributed by atoms with Gasteiger partial charge in [0.15, 0.2) is 0 Å². The van der Waals surface area contributed by atoms with Gasteiger partial charge in [0.2, 0.25) is 0 Å². The van der Waals surface area contributed by atoms with Crippen LogP contribution >= 0.6 is 7.82 Å². The van der Waals surface area contributed by atoms with Crippen LogP contribution < -0.4 is 0 Å². The second-order valence-electron chi connectivity index (χ2n) is 0.961. The van der Waals surface area contributed by atoms with Crippen LogP contribution in [0.5, 0.6) is 0 Å². The number of rotatable bonds is 0. The quantitative estimate of drug-likeness (QED) is 0.174. The molecule has 0 atom stereocenters. The third-order valence-corrected chi connectivity index (χ3v) is 0. The van der Waals surface area contributed by atoms with Crippen molar-refractivity contribution in [2.24, 2.45) is 0 Å². The normalized spacial score (nSPS) is 9.75. The van der Waals surface area contributed by atoms with E-state index in [1.165, 1.54) is 0 Å². The molecule has 0 radical (unpaired) electrons. The second-order valence-corrected chi connectivity index (χ2v) is 2.88. The summed E-state index contributed by atoms with van der Waals surface area (Å²) in [4.78, 5) is 21.6. The van der Waals surface area contributed by atoms with Crippen molar-refractivity contribution in [3.05, 3.63) is 0 Å². The van der Waals surface area contributed by atoms with Crippen LogP contribution in [0.3, 0.4) is 0 Å². The van der Waals surface area contributed by atoms with Crippen molar-refractivity contribution in [3.63, 3.8) is 0 Å². The summed E-state index contributed by atoms with van der Waals surface area (Å²) < 4.78 is 40.5. The van der Waals surface area contributed by atoms with Crippen molar-refractivity contribution in [3.8, 4) is 0 Å². The average molecular weight is 262 g/mol. The molecule has 0 aromatic carbocycles. The van der Waals surface area contributed by atoms with Gasteiger partial charge in [0.05, 0.1) is 0 Å². The predicted molar refractivity (Wildman–Crippen MR) is 44.1 cm³/mol. The molecule has 0 amide bonds. The summed E-state index contributed by atoms with van der Waals surface area (Å²) in [5, 5.41) is 0. The monoisotopic (exact) mass is 262 g/mol. The predicted octanol–water partition coefficient (Wildman–Crippen LogP) is -3.15. The number of phosphoric acid groups is 1. The molecule has 0 aliphatic rings. The largest absolute Gasteiger partial charge is 0.316 e. The summed E-state index contributed by atoms with van der Waals surface area (Å²) in [6, 6.07) is 0. The Morgan fingerprint density at radius 1 is 1.00 bits per heavy atom. The zero-order chi connectivity index (χ0) is 9.00. The van der Waals surface area contributed by atoms with Crippen LogP contribution in [0.4, 0.5) is 0 Å². The zero-order valence-corrected chi connectivity index (χ0v) is 6.03. The Morgan fingerprint density at radius 2 is 1.00 bits per heavy atom. The van der Waals surface area contributed by atoms with Gasteiger partial charge in [-0.15, -0.1) is 0 Å². The van der Waals surface area contributed by atoms with Gasteiger partial charge in [0.25, 0.3) is 0 Å². The molecular weight excluding hydrogens is 254 g/mol. The van der Waals surface area contributed by atoms with Crippen LogP contribution in [0, 0.1) is 0 Å². The fraction of sp³-hybridized carbons (Fsp3) is 0. The second kappa shape index (κ2) is 9.92. The topological polar surface area (TPSA) is 152 Å². The first-order chi connectivity index (χ1) is 4.00. The van der Waals surface area contributed by atoms with E-state index in [2.05, 4.69) is 0 Å². The summed E-state index contributed by atoms with van der Waals surface area (Å²) in [6.45, 7) is 0. The van der Waals surface area contributed by atoms with E-state index in [-0.39, 0.29) is 74.4 Å². The molecule has 12 heteroatoms. The van der Waals surface area contributed by atoms with Gasteiger partial charge in [-0.25, -0.2) is 4.57 Å². The van der Waals surface area contributed by atoms with E-state index in [1.807, 2.05) is 0 Å². The van der Waals surface area contributed by atoms with Gasteiger partial charge in [0.1, 0.15) is 0 Å². The van der Waals surface area contributed by atoms with Crippen LogP contribution in [-0.4, -0.2) is 107 Å². The molecule has 0 unspecified atom stereocenters. The first kappa shape index (κ1) is 23.9. The van der Waals surface area contributed by atoms with Crippen molar-refractivity contribution >= 4 is 92.7 Å². The summed E-state index contributed by atoms with van der Waals surface area (Å²) in [6.07, 6.45) is 0. The Morgan fingerprint density at radius 3 is 1.00 bits per heavy atom. The molecule has 70 valence electrons. The molecule has 0 heterocycles. The first-order valence-electron chi connectivity index (χ1n) is 1.48. The average Bonchev–Trinajstić information content (AvgIpc) is 1.12. The van der Waals surface area contributed by atoms with Crippen LogP contribution in [0.25, 0.3) is 0 Å². The molecule has 8 nitrogen and oxygen atoms in total. The van der Waals surface area contributed by atoms with Gasteiger partial charge in [-0.05, 0) is 0 Å². The van der Waals surface area contributed by atoms with E-state index in [4.69, 9.17) is 36.8 Å². The van der Waals surface area contributed by atoms with Gasteiger partial charge >= 0.3 is 92.7 Å². The molecule has 0 spiro atoms. The molecule has 0 aliphatic carbocycles. The van der Waals surface area contributed by atoms with Gasteiger partial charge in [-0.3, -0.25) is 9.11 Å². The number of hydrogen-bond acceptors (Lipinski definition) is 3. The summed E-state index contributed by atoms with van der Waals surface area (Å²) in [5.74, 6) is 0. The molecule has 0 rings (SSSR count). The van der Waals surface area contributed by atoms with Crippen molar-refractivity contribution in [2.45, 2.75) is 0 Å². The SMILES string of the molecule is O=P(O)(O)O.O=S(=O)(O)O.[KH].[MgH2]. The Hall–Kier alpha value is 2.38. The fourth-order valence-corrected chi connectivity index (χ4v) is 0. The maximum atomic E-state index is 8.88. The Kier molecular flexibility index (Phi) is 19.8. The van der Waals surface area contributed by atoms with Gasteiger partial charge < -0.3 is 14.7 Å². The van der Waals surface area contributed by atoms with Crippen molar-refractivity contribution < 1.29 is 36.8 Å². The Bertz CT molecular complexity index is 197. The third-order valence-electron chi connectivity index (χ3n) is 0. The van der Waals surface area contributed by atoms with E-state index in [0.717, 1.165) is 0 Å². The number of hydrogen-bond donors (Lipinski definition) is 5. The van der Waals surface area contributed by atoms with Crippen molar-refractivity contribution in [2.75, 3.05) is 0 Å². The van der Waals surface area contributed by atoms with Crippen LogP contribution in [0.1, 0.15) is 0 Å². The standard InChI is InChI=1S/K.Mg.H3O4P.H2O4S.3H/c;;2*1-5(2,3)4;;;/h;;(H3,1,2,3,4);(H2,1,2,3,4);;;. The minimum atomic E-state index is -4.67. The molecule has 5 N–H and O–H groups in total. The smallest absolute Gasteiger partial charge is 0.316 e. The van der Waals surface area contributed by atoms with E-state index in [9.17, 15) is 0 Å². The molecule has 0 bridgehead atoms. The molecule has 0 saturated heterocycles.